The zero-order valence-electron chi connectivity index (χ0n) is 10.3. The van der Waals surface area contributed by atoms with Gasteiger partial charge in [0, 0.05) is 12.6 Å². The van der Waals surface area contributed by atoms with Gasteiger partial charge >= 0.3 is 0 Å². The van der Waals surface area contributed by atoms with Crippen LogP contribution in [0, 0.1) is 0 Å². The molecular formula is C11H24N2O2. The monoisotopic (exact) mass is 216 g/mol. The van der Waals surface area contributed by atoms with Crippen molar-refractivity contribution in [3.8, 4) is 0 Å². The van der Waals surface area contributed by atoms with Crippen LogP contribution in [0.5, 0.6) is 0 Å². The van der Waals surface area contributed by atoms with Crippen LogP contribution in [0.3, 0.4) is 0 Å². The predicted octanol–water partition coefficient (Wildman–Crippen LogP) is 1.05. The van der Waals surface area contributed by atoms with E-state index in [1.807, 2.05) is 13.8 Å². The number of rotatable bonds is 8. The Morgan fingerprint density at radius 1 is 1.53 bits per heavy atom. The van der Waals surface area contributed by atoms with Crippen molar-refractivity contribution in [1.82, 2.24) is 5.32 Å². The first-order valence-corrected chi connectivity index (χ1v) is 5.57. The highest BCUT2D eigenvalue weighted by atomic mass is 16.5. The summed E-state index contributed by atoms with van der Waals surface area (Å²) < 4.78 is 5.44. The van der Waals surface area contributed by atoms with Gasteiger partial charge in [0.2, 0.25) is 5.91 Å². The Bertz CT molecular complexity index is 195. The van der Waals surface area contributed by atoms with Crippen LogP contribution >= 0.6 is 0 Å². The predicted molar refractivity (Wildman–Crippen MR) is 61.6 cm³/mol. The fourth-order valence-corrected chi connectivity index (χ4v) is 1.34. The molecule has 0 bridgehead atoms. The van der Waals surface area contributed by atoms with Crippen molar-refractivity contribution in [2.45, 2.75) is 52.1 Å². The highest BCUT2D eigenvalue weighted by Gasteiger charge is 2.31. The molecule has 4 heteroatoms. The molecule has 1 atom stereocenters. The topological polar surface area (TPSA) is 64.3 Å². The number of primary amides is 1. The normalized spacial score (nSPS) is 15.3. The summed E-state index contributed by atoms with van der Waals surface area (Å²) in [5.41, 5.74) is 4.59. The molecule has 0 aromatic carbocycles. The third kappa shape index (κ3) is 5.74. The van der Waals surface area contributed by atoms with Gasteiger partial charge in [0.1, 0.15) is 5.54 Å². The number of hydrogen-bond donors (Lipinski definition) is 2. The van der Waals surface area contributed by atoms with Crippen LogP contribution in [0.4, 0.5) is 0 Å². The van der Waals surface area contributed by atoms with E-state index in [1.165, 1.54) is 0 Å². The maximum atomic E-state index is 11.3. The van der Waals surface area contributed by atoms with E-state index in [0.29, 0.717) is 13.2 Å². The molecule has 0 aliphatic carbocycles. The van der Waals surface area contributed by atoms with E-state index in [9.17, 15) is 4.79 Å². The molecule has 1 unspecified atom stereocenters. The minimum atomic E-state index is -0.762. The first-order chi connectivity index (χ1) is 6.92. The number of amides is 1. The van der Waals surface area contributed by atoms with Gasteiger partial charge in [-0.15, -0.1) is 0 Å². The first kappa shape index (κ1) is 14.4. The highest BCUT2D eigenvalue weighted by molar-refractivity contribution is 5.84. The molecule has 1 amide bonds. The Morgan fingerprint density at radius 3 is 2.53 bits per heavy atom. The summed E-state index contributed by atoms with van der Waals surface area (Å²) in [5, 5.41) is 3.13. The van der Waals surface area contributed by atoms with Gasteiger partial charge in [-0.25, -0.2) is 0 Å². The van der Waals surface area contributed by atoms with Crippen LogP contribution in [-0.2, 0) is 9.53 Å². The molecule has 0 fully saturated rings. The molecule has 90 valence electrons. The third-order valence-corrected chi connectivity index (χ3v) is 2.18. The second-order valence-electron chi connectivity index (χ2n) is 4.40. The number of unbranched alkanes of at least 4 members (excludes halogenated alkanes) is 1. The molecule has 0 radical (unpaired) electrons. The lowest BCUT2D eigenvalue weighted by Crippen LogP contribution is -2.58. The Balaban J connectivity index is 4.08. The van der Waals surface area contributed by atoms with E-state index < -0.39 is 5.54 Å². The fraction of sp³-hybridized carbons (Fsp3) is 0.909. The van der Waals surface area contributed by atoms with E-state index >= 15 is 0 Å². The van der Waals surface area contributed by atoms with Crippen molar-refractivity contribution in [2.75, 3.05) is 13.2 Å². The second kappa shape index (κ2) is 6.80. The van der Waals surface area contributed by atoms with Crippen LogP contribution in [0.15, 0.2) is 0 Å². The first-order valence-electron chi connectivity index (χ1n) is 5.57. The Morgan fingerprint density at radius 2 is 2.13 bits per heavy atom. The van der Waals surface area contributed by atoms with Crippen LogP contribution in [0.2, 0.25) is 0 Å². The molecule has 0 saturated heterocycles. The molecular weight excluding hydrogens is 192 g/mol. The van der Waals surface area contributed by atoms with Gasteiger partial charge in [-0.2, -0.15) is 0 Å². The Kier molecular flexibility index (Phi) is 6.52. The number of carbonyl (C=O) groups excluding carboxylic acids is 1. The lowest BCUT2D eigenvalue weighted by Gasteiger charge is -2.29. The summed E-state index contributed by atoms with van der Waals surface area (Å²) in [5.74, 6) is -0.368. The van der Waals surface area contributed by atoms with Gasteiger partial charge in [-0.3, -0.25) is 10.1 Å². The maximum Gasteiger partial charge on any atom is 0.239 e. The average Bonchev–Trinajstić information content (AvgIpc) is 2.11. The van der Waals surface area contributed by atoms with E-state index in [4.69, 9.17) is 10.5 Å². The van der Waals surface area contributed by atoms with E-state index in [-0.39, 0.29) is 11.9 Å². The molecule has 15 heavy (non-hydrogen) atoms. The standard InChI is InChI=1S/C11H24N2O2/c1-5-6-7-15-8-11(4,10(12)14)13-9(2)3/h9,13H,5-8H2,1-4H3,(H2,12,14). The second-order valence-corrected chi connectivity index (χ2v) is 4.40. The lowest BCUT2D eigenvalue weighted by atomic mass is 10.0. The molecule has 0 aromatic heterocycles. The summed E-state index contributed by atoms with van der Waals surface area (Å²) in [4.78, 5) is 11.3. The number of nitrogens with two attached hydrogens (primary N) is 1. The lowest BCUT2D eigenvalue weighted by molar-refractivity contribution is -0.126. The number of ether oxygens (including phenoxy) is 1. The summed E-state index contributed by atoms with van der Waals surface area (Å²) >= 11 is 0. The van der Waals surface area contributed by atoms with Gasteiger partial charge in [-0.1, -0.05) is 13.3 Å². The van der Waals surface area contributed by atoms with Gasteiger partial charge in [0.15, 0.2) is 0 Å². The van der Waals surface area contributed by atoms with Crippen molar-refractivity contribution in [3.63, 3.8) is 0 Å². The van der Waals surface area contributed by atoms with Crippen molar-refractivity contribution in [1.29, 1.82) is 0 Å². The van der Waals surface area contributed by atoms with E-state index in [0.717, 1.165) is 12.8 Å². The smallest absolute Gasteiger partial charge is 0.239 e. The zero-order chi connectivity index (χ0) is 11.9. The van der Waals surface area contributed by atoms with Crippen LogP contribution in [-0.4, -0.2) is 30.7 Å². The Hall–Kier alpha value is -0.610. The fourth-order valence-electron chi connectivity index (χ4n) is 1.34. The average molecular weight is 216 g/mol. The van der Waals surface area contributed by atoms with Crippen molar-refractivity contribution < 1.29 is 9.53 Å². The SMILES string of the molecule is CCCCOCC(C)(NC(C)C)C(N)=O. The molecule has 0 spiro atoms. The van der Waals surface area contributed by atoms with Gasteiger partial charge in [-0.05, 0) is 27.2 Å². The number of hydrogen-bond acceptors (Lipinski definition) is 3. The van der Waals surface area contributed by atoms with Crippen LogP contribution in [0.1, 0.15) is 40.5 Å². The molecule has 0 aliphatic rings. The Labute approximate surface area is 92.6 Å². The third-order valence-electron chi connectivity index (χ3n) is 2.18. The number of carbonyl (C=O) groups is 1. The van der Waals surface area contributed by atoms with Crippen molar-refractivity contribution in [3.05, 3.63) is 0 Å². The van der Waals surface area contributed by atoms with E-state index in [2.05, 4.69) is 12.2 Å². The van der Waals surface area contributed by atoms with E-state index in [1.54, 1.807) is 6.92 Å². The minimum absolute atomic E-state index is 0.206. The van der Waals surface area contributed by atoms with Crippen molar-refractivity contribution >= 4 is 5.91 Å². The molecule has 0 rings (SSSR count). The maximum absolute atomic E-state index is 11.3. The molecule has 4 nitrogen and oxygen atoms in total. The quantitative estimate of drug-likeness (QED) is 0.596. The molecule has 0 saturated carbocycles. The summed E-state index contributed by atoms with van der Waals surface area (Å²) in [6.45, 7) is 8.85. The summed E-state index contributed by atoms with van der Waals surface area (Å²) in [7, 11) is 0. The summed E-state index contributed by atoms with van der Waals surface area (Å²) in [6.07, 6.45) is 2.10. The van der Waals surface area contributed by atoms with Crippen molar-refractivity contribution in [2.24, 2.45) is 5.73 Å². The minimum Gasteiger partial charge on any atom is -0.379 e. The van der Waals surface area contributed by atoms with Crippen LogP contribution < -0.4 is 11.1 Å². The molecule has 3 N–H and O–H groups in total. The molecule has 0 heterocycles. The van der Waals surface area contributed by atoms with Gasteiger partial charge in [0.25, 0.3) is 0 Å². The molecule has 0 aliphatic heterocycles. The zero-order valence-corrected chi connectivity index (χ0v) is 10.3. The summed E-state index contributed by atoms with van der Waals surface area (Å²) in [6, 6.07) is 0.206. The number of nitrogens with one attached hydrogen (secondary N) is 1. The largest absolute Gasteiger partial charge is 0.379 e. The van der Waals surface area contributed by atoms with Crippen LogP contribution in [0.25, 0.3) is 0 Å². The highest BCUT2D eigenvalue weighted by Crippen LogP contribution is 2.06. The van der Waals surface area contributed by atoms with Gasteiger partial charge < -0.3 is 10.5 Å². The molecule has 0 aromatic rings. The van der Waals surface area contributed by atoms with Gasteiger partial charge in [0.05, 0.1) is 6.61 Å².